The number of carbonyl (C=O) groups excluding carboxylic acids is 1. The number of anilines is 1. The van der Waals surface area contributed by atoms with E-state index in [0.29, 0.717) is 12.2 Å². The summed E-state index contributed by atoms with van der Waals surface area (Å²) in [5.74, 6) is -0.548. The third kappa shape index (κ3) is 5.67. The molecule has 1 amide bonds. The molecule has 1 aromatic carbocycles. The molecule has 0 aliphatic rings. The van der Waals surface area contributed by atoms with E-state index in [1.165, 1.54) is 12.1 Å². The maximum atomic E-state index is 12.8. The van der Waals surface area contributed by atoms with Gasteiger partial charge in [0, 0.05) is 19.6 Å². The van der Waals surface area contributed by atoms with Gasteiger partial charge in [-0.2, -0.15) is 0 Å². The van der Waals surface area contributed by atoms with E-state index in [0.717, 1.165) is 24.3 Å². The summed E-state index contributed by atoms with van der Waals surface area (Å²) in [6, 6.07) is 9.52. The van der Waals surface area contributed by atoms with E-state index in [1.807, 2.05) is 20.2 Å². The summed E-state index contributed by atoms with van der Waals surface area (Å²) < 4.78 is 12.8. The first-order valence-corrected chi connectivity index (χ1v) is 7.42. The molecule has 2 aromatic rings. The van der Waals surface area contributed by atoms with Crippen LogP contribution in [0.3, 0.4) is 0 Å². The number of rotatable bonds is 7. The third-order valence-corrected chi connectivity index (χ3v) is 3.25. The molecule has 0 atom stereocenters. The Kier molecular flexibility index (Phi) is 6.05. The van der Waals surface area contributed by atoms with Crippen LogP contribution in [0.5, 0.6) is 0 Å². The highest BCUT2D eigenvalue weighted by Crippen LogP contribution is 2.07. The average Bonchev–Trinajstić information content (AvgIpc) is 2.54. The Morgan fingerprint density at radius 1 is 1.17 bits per heavy atom. The van der Waals surface area contributed by atoms with E-state index in [1.54, 1.807) is 24.4 Å². The number of amides is 1. The average molecular weight is 316 g/mol. The first kappa shape index (κ1) is 16.9. The SMILES string of the molecule is CN(C)CCNc1ccc(C(=O)NCc2ccc(F)cc2)nc1. The second-order valence-electron chi connectivity index (χ2n) is 5.47. The van der Waals surface area contributed by atoms with Gasteiger partial charge < -0.3 is 15.5 Å². The van der Waals surface area contributed by atoms with Gasteiger partial charge in [-0.1, -0.05) is 12.1 Å². The van der Waals surface area contributed by atoms with Crippen molar-refractivity contribution in [2.45, 2.75) is 6.54 Å². The van der Waals surface area contributed by atoms with Crippen LogP contribution < -0.4 is 10.6 Å². The molecule has 0 radical (unpaired) electrons. The Morgan fingerprint density at radius 3 is 2.52 bits per heavy atom. The minimum atomic E-state index is -0.293. The van der Waals surface area contributed by atoms with Crippen molar-refractivity contribution in [3.8, 4) is 0 Å². The number of benzene rings is 1. The van der Waals surface area contributed by atoms with Gasteiger partial charge in [0.25, 0.3) is 5.91 Å². The molecule has 0 unspecified atom stereocenters. The lowest BCUT2D eigenvalue weighted by atomic mass is 10.2. The van der Waals surface area contributed by atoms with Crippen LogP contribution in [0.2, 0.25) is 0 Å². The van der Waals surface area contributed by atoms with Crippen molar-refractivity contribution in [1.29, 1.82) is 0 Å². The maximum Gasteiger partial charge on any atom is 0.270 e. The highest BCUT2D eigenvalue weighted by atomic mass is 19.1. The number of nitrogens with zero attached hydrogens (tertiary/aromatic N) is 2. The summed E-state index contributed by atoms with van der Waals surface area (Å²) in [5.41, 5.74) is 2.06. The number of carbonyl (C=O) groups is 1. The third-order valence-electron chi connectivity index (χ3n) is 3.25. The smallest absolute Gasteiger partial charge is 0.270 e. The van der Waals surface area contributed by atoms with Crippen LogP contribution >= 0.6 is 0 Å². The van der Waals surface area contributed by atoms with E-state index >= 15 is 0 Å². The van der Waals surface area contributed by atoms with Crippen LogP contribution in [0.4, 0.5) is 10.1 Å². The Hall–Kier alpha value is -2.47. The zero-order valence-electron chi connectivity index (χ0n) is 13.3. The molecule has 5 nitrogen and oxygen atoms in total. The van der Waals surface area contributed by atoms with Gasteiger partial charge in [0.15, 0.2) is 0 Å². The van der Waals surface area contributed by atoms with Crippen molar-refractivity contribution < 1.29 is 9.18 Å². The quantitative estimate of drug-likeness (QED) is 0.821. The van der Waals surface area contributed by atoms with Crippen LogP contribution in [-0.2, 0) is 6.54 Å². The zero-order valence-corrected chi connectivity index (χ0v) is 13.3. The molecule has 0 saturated carbocycles. The first-order chi connectivity index (χ1) is 11.0. The molecular formula is C17H21FN4O. The van der Waals surface area contributed by atoms with Gasteiger partial charge in [0.1, 0.15) is 11.5 Å². The maximum absolute atomic E-state index is 12.8. The number of hydrogen-bond donors (Lipinski definition) is 2. The molecule has 2 rings (SSSR count). The molecule has 0 fully saturated rings. The van der Waals surface area contributed by atoms with Gasteiger partial charge in [-0.15, -0.1) is 0 Å². The van der Waals surface area contributed by atoms with Gasteiger partial charge in [-0.3, -0.25) is 4.79 Å². The van der Waals surface area contributed by atoms with Crippen molar-refractivity contribution >= 4 is 11.6 Å². The molecule has 1 aromatic heterocycles. The van der Waals surface area contributed by atoms with E-state index < -0.39 is 0 Å². The lowest BCUT2D eigenvalue weighted by molar-refractivity contribution is 0.0946. The molecule has 0 saturated heterocycles. The second-order valence-corrected chi connectivity index (χ2v) is 5.47. The predicted octanol–water partition coefficient (Wildman–Crippen LogP) is 2.12. The molecule has 0 bridgehead atoms. The van der Waals surface area contributed by atoms with Crippen molar-refractivity contribution in [2.75, 3.05) is 32.5 Å². The highest BCUT2D eigenvalue weighted by molar-refractivity contribution is 5.92. The van der Waals surface area contributed by atoms with Gasteiger partial charge in [-0.25, -0.2) is 9.37 Å². The minimum Gasteiger partial charge on any atom is -0.383 e. The summed E-state index contributed by atoms with van der Waals surface area (Å²) in [7, 11) is 4.02. The molecule has 23 heavy (non-hydrogen) atoms. The molecule has 0 aliphatic carbocycles. The fraction of sp³-hybridized carbons (Fsp3) is 0.294. The van der Waals surface area contributed by atoms with Gasteiger partial charge in [0.05, 0.1) is 11.9 Å². The largest absolute Gasteiger partial charge is 0.383 e. The van der Waals surface area contributed by atoms with Gasteiger partial charge in [0.2, 0.25) is 0 Å². The van der Waals surface area contributed by atoms with Crippen LogP contribution in [0.15, 0.2) is 42.6 Å². The summed E-state index contributed by atoms with van der Waals surface area (Å²) in [5, 5.41) is 6.00. The van der Waals surface area contributed by atoms with E-state index in [-0.39, 0.29) is 11.7 Å². The molecule has 0 spiro atoms. The van der Waals surface area contributed by atoms with Crippen LogP contribution in [0.1, 0.15) is 16.1 Å². The summed E-state index contributed by atoms with van der Waals surface area (Å²) >= 11 is 0. The highest BCUT2D eigenvalue weighted by Gasteiger charge is 2.07. The monoisotopic (exact) mass is 316 g/mol. The summed E-state index contributed by atoms with van der Waals surface area (Å²) in [6.07, 6.45) is 1.64. The molecule has 0 aliphatic heterocycles. The molecule has 1 heterocycles. The van der Waals surface area contributed by atoms with E-state index in [9.17, 15) is 9.18 Å². The van der Waals surface area contributed by atoms with Crippen LogP contribution in [0, 0.1) is 5.82 Å². The molecule has 6 heteroatoms. The second kappa shape index (κ2) is 8.24. The van der Waals surface area contributed by atoms with E-state index in [2.05, 4.69) is 20.5 Å². The van der Waals surface area contributed by atoms with Crippen molar-refractivity contribution in [3.05, 3.63) is 59.7 Å². The van der Waals surface area contributed by atoms with Gasteiger partial charge >= 0.3 is 0 Å². The normalized spacial score (nSPS) is 10.6. The summed E-state index contributed by atoms with van der Waals surface area (Å²) in [6.45, 7) is 2.06. The lowest BCUT2D eigenvalue weighted by Gasteiger charge is -2.11. The molecule has 122 valence electrons. The topological polar surface area (TPSA) is 57.3 Å². The van der Waals surface area contributed by atoms with Crippen LogP contribution in [-0.4, -0.2) is 43.0 Å². The molecular weight excluding hydrogens is 295 g/mol. The number of hydrogen-bond acceptors (Lipinski definition) is 4. The predicted molar refractivity (Wildman–Crippen MR) is 88.9 cm³/mol. The van der Waals surface area contributed by atoms with Crippen molar-refractivity contribution in [1.82, 2.24) is 15.2 Å². The lowest BCUT2D eigenvalue weighted by Crippen LogP contribution is -2.24. The van der Waals surface area contributed by atoms with Crippen molar-refractivity contribution in [3.63, 3.8) is 0 Å². The molecule has 2 N–H and O–H groups in total. The standard InChI is InChI=1S/C17H21FN4O/c1-22(2)10-9-19-15-7-8-16(20-12-15)17(23)21-11-13-3-5-14(18)6-4-13/h3-8,12,19H,9-11H2,1-2H3,(H,21,23). The Labute approximate surface area is 135 Å². The fourth-order valence-electron chi connectivity index (χ4n) is 1.93. The Morgan fingerprint density at radius 2 is 1.91 bits per heavy atom. The van der Waals surface area contributed by atoms with Gasteiger partial charge in [-0.05, 0) is 43.9 Å². The fourth-order valence-corrected chi connectivity index (χ4v) is 1.93. The number of halogens is 1. The number of pyridine rings is 1. The Bertz CT molecular complexity index is 626. The van der Waals surface area contributed by atoms with E-state index in [4.69, 9.17) is 0 Å². The summed E-state index contributed by atoms with van der Waals surface area (Å²) in [4.78, 5) is 18.3. The van der Waals surface area contributed by atoms with Crippen LogP contribution in [0.25, 0.3) is 0 Å². The number of aromatic nitrogens is 1. The zero-order chi connectivity index (χ0) is 16.7. The first-order valence-electron chi connectivity index (χ1n) is 7.42. The number of likely N-dealkylation sites (N-methyl/N-ethyl adjacent to an activating group) is 1. The Balaban J connectivity index is 1.83. The number of nitrogens with one attached hydrogen (secondary N) is 2. The van der Waals surface area contributed by atoms with Crippen molar-refractivity contribution in [2.24, 2.45) is 0 Å². The minimum absolute atomic E-state index is 0.255.